The zero-order chi connectivity index (χ0) is 16.1. The lowest BCUT2D eigenvalue weighted by Crippen LogP contribution is -2.34. The molecule has 1 amide bonds. The summed E-state index contributed by atoms with van der Waals surface area (Å²) >= 11 is 0. The van der Waals surface area contributed by atoms with Gasteiger partial charge in [-0.05, 0) is 42.3 Å². The van der Waals surface area contributed by atoms with E-state index in [1.807, 2.05) is 19.1 Å². The van der Waals surface area contributed by atoms with E-state index in [4.69, 9.17) is 4.74 Å². The molecule has 0 aliphatic rings. The first kappa shape index (κ1) is 16.0. The summed E-state index contributed by atoms with van der Waals surface area (Å²) in [7, 11) is 3.22. The average Bonchev–Trinajstić information content (AvgIpc) is 2.59. The lowest BCUT2D eigenvalue weighted by atomic mass is 10.1. The first-order valence-electron chi connectivity index (χ1n) is 7.03. The molecule has 1 aromatic heterocycles. The molecule has 2 unspecified atom stereocenters. The van der Waals surface area contributed by atoms with Crippen molar-refractivity contribution in [3.8, 4) is 5.75 Å². The van der Waals surface area contributed by atoms with E-state index in [0.717, 1.165) is 5.56 Å². The van der Waals surface area contributed by atoms with Crippen LogP contribution in [-0.2, 0) is 4.79 Å². The number of carbonyl (C=O) groups excluding carboxylic acids is 1. The molecule has 0 radical (unpaired) electrons. The Bertz CT molecular complexity index is 631. The van der Waals surface area contributed by atoms with Crippen LogP contribution in [0, 0.1) is 0 Å². The van der Waals surface area contributed by atoms with Gasteiger partial charge in [0, 0.05) is 19.4 Å². The first-order valence-corrected chi connectivity index (χ1v) is 7.03. The maximum atomic E-state index is 12.5. The Morgan fingerprint density at radius 3 is 2.55 bits per heavy atom. The summed E-state index contributed by atoms with van der Waals surface area (Å²) in [5.74, 6) is 0.242. The maximum absolute atomic E-state index is 12.5. The standard InChI is InChI=1S/C17H20N2O3/c1-12(13-7-9-18-10-8-13)19(2)17(21)16(20)14-5-4-6-15(11-14)22-3/h4-12,16,20H,1-3H3. The summed E-state index contributed by atoms with van der Waals surface area (Å²) in [4.78, 5) is 18.0. The monoisotopic (exact) mass is 300 g/mol. The number of aliphatic hydroxyl groups excluding tert-OH is 1. The number of aromatic nitrogens is 1. The zero-order valence-electron chi connectivity index (χ0n) is 12.9. The molecule has 1 aromatic carbocycles. The Morgan fingerprint density at radius 1 is 1.23 bits per heavy atom. The Kier molecular flexibility index (Phi) is 5.12. The number of ether oxygens (including phenoxy) is 1. The summed E-state index contributed by atoms with van der Waals surface area (Å²) < 4.78 is 5.12. The van der Waals surface area contributed by atoms with Gasteiger partial charge in [0.1, 0.15) is 5.75 Å². The second kappa shape index (κ2) is 7.04. The van der Waals surface area contributed by atoms with Gasteiger partial charge in [-0.15, -0.1) is 0 Å². The molecule has 2 atom stereocenters. The minimum absolute atomic E-state index is 0.157. The molecule has 0 saturated carbocycles. The van der Waals surface area contributed by atoms with Crippen LogP contribution in [0.5, 0.6) is 5.75 Å². The van der Waals surface area contributed by atoms with E-state index in [0.29, 0.717) is 11.3 Å². The Morgan fingerprint density at radius 2 is 1.91 bits per heavy atom. The average molecular weight is 300 g/mol. The summed E-state index contributed by atoms with van der Waals surface area (Å²) in [5.41, 5.74) is 1.47. The van der Waals surface area contributed by atoms with Crippen molar-refractivity contribution in [2.45, 2.75) is 19.1 Å². The number of methoxy groups -OCH3 is 1. The Labute approximate surface area is 130 Å². The topological polar surface area (TPSA) is 62.7 Å². The fourth-order valence-electron chi connectivity index (χ4n) is 2.20. The lowest BCUT2D eigenvalue weighted by molar-refractivity contribution is -0.141. The summed E-state index contributed by atoms with van der Waals surface area (Å²) in [6, 6.07) is 10.4. The molecule has 0 spiro atoms. The quantitative estimate of drug-likeness (QED) is 0.920. The summed E-state index contributed by atoms with van der Waals surface area (Å²) in [5, 5.41) is 10.3. The number of amides is 1. The van der Waals surface area contributed by atoms with Gasteiger partial charge in [0.15, 0.2) is 6.10 Å². The molecular formula is C17H20N2O3. The maximum Gasteiger partial charge on any atom is 0.256 e. The smallest absolute Gasteiger partial charge is 0.256 e. The van der Waals surface area contributed by atoms with Crippen molar-refractivity contribution in [3.63, 3.8) is 0 Å². The van der Waals surface area contributed by atoms with Crippen molar-refractivity contribution in [1.82, 2.24) is 9.88 Å². The van der Waals surface area contributed by atoms with Crippen molar-refractivity contribution in [2.24, 2.45) is 0 Å². The highest BCUT2D eigenvalue weighted by molar-refractivity contribution is 5.82. The SMILES string of the molecule is COc1cccc(C(O)C(=O)N(C)C(C)c2ccncc2)c1. The molecule has 2 aromatic rings. The number of rotatable bonds is 5. The van der Waals surface area contributed by atoms with E-state index in [1.165, 1.54) is 4.90 Å². The van der Waals surface area contributed by atoms with Gasteiger partial charge < -0.3 is 14.7 Å². The molecule has 5 nitrogen and oxygen atoms in total. The van der Waals surface area contributed by atoms with Crippen molar-refractivity contribution in [2.75, 3.05) is 14.2 Å². The second-order valence-electron chi connectivity index (χ2n) is 5.08. The predicted molar refractivity (Wildman–Crippen MR) is 83.4 cm³/mol. The van der Waals surface area contributed by atoms with Gasteiger partial charge in [-0.1, -0.05) is 12.1 Å². The molecule has 1 heterocycles. The molecule has 2 rings (SSSR count). The van der Waals surface area contributed by atoms with E-state index in [9.17, 15) is 9.90 Å². The molecule has 116 valence electrons. The van der Waals surface area contributed by atoms with Crippen LogP contribution in [0.1, 0.15) is 30.2 Å². The third-order valence-electron chi connectivity index (χ3n) is 3.76. The number of hydrogen-bond donors (Lipinski definition) is 1. The van der Waals surface area contributed by atoms with Gasteiger partial charge in [0.05, 0.1) is 13.2 Å². The number of carbonyl (C=O) groups is 1. The number of likely N-dealkylation sites (N-methyl/N-ethyl adjacent to an activating group) is 1. The highest BCUT2D eigenvalue weighted by atomic mass is 16.5. The van der Waals surface area contributed by atoms with E-state index in [1.54, 1.807) is 50.8 Å². The van der Waals surface area contributed by atoms with E-state index in [2.05, 4.69) is 4.98 Å². The van der Waals surface area contributed by atoms with Crippen LogP contribution in [-0.4, -0.2) is 35.1 Å². The third-order valence-corrected chi connectivity index (χ3v) is 3.76. The molecular weight excluding hydrogens is 280 g/mol. The van der Waals surface area contributed by atoms with Crippen LogP contribution in [0.4, 0.5) is 0 Å². The van der Waals surface area contributed by atoms with Gasteiger partial charge in [0.2, 0.25) is 0 Å². The van der Waals surface area contributed by atoms with E-state index < -0.39 is 6.10 Å². The fourth-order valence-corrected chi connectivity index (χ4v) is 2.20. The molecule has 0 aliphatic heterocycles. The highest BCUT2D eigenvalue weighted by Crippen LogP contribution is 2.24. The number of pyridine rings is 1. The van der Waals surface area contributed by atoms with Crippen LogP contribution in [0.15, 0.2) is 48.8 Å². The first-order chi connectivity index (χ1) is 10.5. The minimum atomic E-state index is -1.22. The highest BCUT2D eigenvalue weighted by Gasteiger charge is 2.25. The van der Waals surface area contributed by atoms with Crippen molar-refractivity contribution in [1.29, 1.82) is 0 Å². The normalized spacial score (nSPS) is 13.3. The molecule has 0 bridgehead atoms. The number of nitrogens with zero attached hydrogens (tertiary/aromatic N) is 2. The molecule has 1 N–H and O–H groups in total. The number of benzene rings is 1. The van der Waals surface area contributed by atoms with Crippen molar-refractivity contribution >= 4 is 5.91 Å². The molecule has 0 saturated heterocycles. The van der Waals surface area contributed by atoms with Gasteiger partial charge in [0.25, 0.3) is 5.91 Å². The van der Waals surface area contributed by atoms with Crippen LogP contribution < -0.4 is 4.74 Å². The largest absolute Gasteiger partial charge is 0.497 e. The molecule has 0 aliphatic carbocycles. The van der Waals surface area contributed by atoms with Gasteiger partial charge >= 0.3 is 0 Å². The van der Waals surface area contributed by atoms with Crippen LogP contribution in [0.2, 0.25) is 0 Å². The summed E-state index contributed by atoms with van der Waals surface area (Å²) in [6.45, 7) is 1.91. The molecule has 22 heavy (non-hydrogen) atoms. The van der Waals surface area contributed by atoms with E-state index in [-0.39, 0.29) is 11.9 Å². The summed E-state index contributed by atoms with van der Waals surface area (Å²) in [6.07, 6.45) is 2.15. The predicted octanol–water partition coefficient (Wildman–Crippen LogP) is 2.34. The van der Waals surface area contributed by atoms with E-state index >= 15 is 0 Å². The van der Waals surface area contributed by atoms with Crippen LogP contribution in [0.3, 0.4) is 0 Å². The number of aliphatic hydroxyl groups is 1. The second-order valence-corrected chi connectivity index (χ2v) is 5.08. The number of hydrogen-bond acceptors (Lipinski definition) is 4. The van der Waals surface area contributed by atoms with Crippen molar-refractivity contribution in [3.05, 3.63) is 59.9 Å². The Balaban J connectivity index is 2.15. The van der Waals surface area contributed by atoms with Gasteiger partial charge in [-0.25, -0.2) is 0 Å². The molecule has 5 heteroatoms. The zero-order valence-corrected chi connectivity index (χ0v) is 12.9. The lowest BCUT2D eigenvalue weighted by Gasteiger charge is -2.27. The molecule has 0 fully saturated rings. The van der Waals surface area contributed by atoms with Crippen molar-refractivity contribution < 1.29 is 14.6 Å². The van der Waals surface area contributed by atoms with Crippen LogP contribution >= 0.6 is 0 Å². The fraction of sp³-hybridized carbons (Fsp3) is 0.294. The third kappa shape index (κ3) is 3.43. The van der Waals surface area contributed by atoms with Crippen LogP contribution in [0.25, 0.3) is 0 Å². The minimum Gasteiger partial charge on any atom is -0.497 e. The Hall–Kier alpha value is -2.40. The van der Waals surface area contributed by atoms with Gasteiger partial charge in [-0.3, -0.25) is 9.78 Å². The van der Waals surface area contributed by atoms with Gasteiger partial charge in [-0.2, -0.15) is 0 Å².